The molecule has 0 heterocycles. The zero-order valence-corrected chi connectivity index (χ0v) is 13.7. The Bertz CT molecular complexity index is 718. The minimum absolute atomic E-state index is 0.0602. The normalized spacial score (nSPS) is 12.6. The number of halogens is 2. The number of nitrogens with two attached hydrogens (primary N) is 1. The molecule has 120 valence electrons. The van der Waals surface area contributed by atoms with E-state index in [1.54, 1.807) is 48.5 Å². The van der Waals surface area contributed by atoms with Crippen LogP contribution in [0.5, 0.6) is 5.75 Å². The average Bonchev–Trinajstić information content (AvgIpc) is 2.53. The van der Waals surface area contributed by atoms with Crippen molar-refractivity contribution in [1.82, 2.24) is 0 Å². The molecule has 0 saturated heterocycles. The number of hydrogen-bond donors (Lipinski definition) is 1. The van der Waals surface area contributed by atoms with Gasteiger partial charge in [-0.1, -0.05) is 34.4 Å². The van der Waals surface area contributed by atoms with Crippen molar-refractivity contribution in [2.75, 3.05) is 0 Å². The Labute approximate surface area is 143 Å². The van der Waals surface area contributed by atoms with Crippen molar-refractivity contribution in [2.45, 2.75) is 13.0 Å². The van der Waals surface area contributed by atoms with Crippen LogP contribution in [0.3, 0.4) is 0 Å². The second-order valence-corrected chi connectivity index (χ2v) is 5.48. The molecule has 1 unspecified atom stereocenters. The molecule has 2 aromatic carbocycles. The van der Waals surface area contributed by atoms with Crippen molar-refractivity contribution >= 4 is 35.0 Å². The summed E-state index contributed by atoms with van der Waals surface area (Å²) in [5.74, 6) is -0.163. The molecule has 0 amide bonds. The van der Waals surface area contributed by atoms with E-state index < -0.39 is 12.1 Å². The molecule has 1 atom stereocenters. The Kier molecular flexibility index (Phi) is 5.84. The number of benzene rings is 2. The molecular formula is C16H14Cl2N2O3. The lowest BCUT2D eigenvalue weighted by Crippen LogP contribution is -2.26. The Hall–Kier alpha value is -2.24. The zero-order chi connectivity index (χ0) is 16.8. The zero-order valence-electron chi connectivity index (χ0n) is 12.2. The number of oxime groups is 1. The Morgan fingerprint density at radius 2 is 1.83 bits per heavy atom. The van der Waals surface area contributed by atoms with E-state index in [1.807, 2.05) is 0 Å². The molecule has 0 aromatic heterocycles. The van der Waals surface area contributed by atoms with Crippen molar-refractivity contribution in [1.29, 1.82) is 0 Å². The lowest BCUT2D eigenvalue weighted by atomic mass is 10.2. The van der Waals surface area contributed by atoms with Crippen molar-refractivity contribution in [2.24, 2.45) is 10.9 Å². The smallest absolute Gasteiger partial charge is 0.374 e. The van der Waals surface area contributed by atoms with Gasteiger partial charge in [0, 0.05) is 15.6 Å². The number of carbonyl (C=O) groups excluding carboxylic acids is 1. The molecule has 0 spiro atoms. The summed E-state index contributed by atoms with van der Waals surface area (Å²) in [5, 5.41) is 4.68. The molecule has 0 radical (unpaired) electrons. The monoisotopic (exact) mass is 352 g/mol. The van der Waals surface area contributed by atoms with Crippen LogP contribution in [-0.2, 0) is 9.63 Å². The summed E-state index contributed by atoms with van der Waals surface area (Å²) in [6.07, 6.45) is -0.866. The topological polar surface area (TPSA) is 73.9 Å². The molecule has 7 heteroatoms. The SMILES string of the molecule is CC(Oc1cccc(Cl)c1)C(=O)ON=C(N)c1ccc(Cl)cc1. The molecule has 2 rings (SSSR count). The molecular weight excluding hydrogens is 339 g/mol. The van der Waals surface area contributed by atoms with Gasteiger partial charge in [0.2, 0.25) is 0 Å². The third kappa shape index (κ3) is 5.16. The van der Waals surface area contributed by atoms with E-state index in [0.29, 0.717) is 21.4 Å². The second-order valence-electron chi connectivity index (χ2n) is 4.61. The van der Waals surface area contributed by atoms with Gasteiger partial charge in [0.25, 0.3) is 0 Å². The maximum absolute atomic E-state index is 11.9. The summed E-state index contributed by atoms with van der Waals surface area (Å²) >= 11 is 11.6. The van der Waals surface area contributed by atoms with Crippen LogP contribution < -0.4 is 10.5 Å². The number of rotatable bonds is 5. The molecule has 0 saturated carbocycles. The molecule has 2 aromatic rings. The highest BCUT2D eigenvalue weighted by molar-refractivity contribution is 6.31. The van der Waals surface area contributed by atoms with Gasteiger partial charge in [0.1, 0.15) is 5.75 Å². The van der Waals surface area contributed by atoms with Crippen molar-refractivity contribution in [3.05, 3.63) is 64.1 Å². The first kappa shape index (κ1) is 17.1. The first-order chi connectivity index (χ1) is 11.0. The van der Waals surface area contributed by atoms with Gasteiger partial charge in [-0.15, -0.1) is 0 Å². The average molecular weight is 353 g/mol. The quantitative estimate of drug-likeness (QED) is 0.386. The first-order valence-electron chi connectivity index (χ1n) is 6.68. The fourth-order valence-electron chi connectivity index (χ4n) is 1.63. The Balaban J connectivity index is 1.95. The molecule has 5 nitrogen and oxygen atoms in total. The summed E-state index contributed by atoms with van der Waals surface area (Å²) in [7, 11) is 0. The highest BCUT2D eigenvalue weighted by atomic mass is 35.5. The van der Waals surface area contributed by atoms with E-state index in [9.17, 15) is 4.79 Å². The summed E-state index contributed by atoms with van der Waals surface area (Å²) in [6, 6.07) is 13.3. The molecule has 23 heavy (non-hydrogen) atoms. The van der Waals surface area contributed by atoms with Crippen LogP contribution in [0.4, 0.5) is 0 Å². The third-order valence-corrected chi connectivity index (χ3v) is 3.30. The number of ether oxygens (including phenoxy) is 1. The van der Waals surface area contributed by atoms with Crippen molar-refractivity contribution in [3.8, 4) is 5.75 Å². The van der Waals surface area contributed by atoms with Gasteiger partial charge in [-0.3, -0.25) is 0 Å². The van der Waals surface area contributed by atoms with Crippen LogP contribution in [0.2, 0.25) is 10.0 Å². The largest absolute Gasteiger partial charge is 0.479 e. The summed E-state index contributed by atoms with van der Waals surface area (Å²) < 4.78 is 5.42. The van der Waals surface area contributed by atoms with Gasteiger partial charge in [-0.05, 0) is 49.4 Å². The summed E-state index contributed by atoms with van der Waals surface area (Å²) in [4.78, 5) is 16.6. The fourth-order valence-corrected chi connectivity index (χ4v) is 1.94. The van der Waals surface area contributed by atoms with Crippen LogP contribution in [-0.4, -0.2) is 17.9 Å². The van der Waals surface area contributed by atoms with Gasteiger partial charge in [0.15, 0.2) is 11.9 Å². The van der Waals surface area contributed by atoms with E-state index in [2.05, 4.69) is 5.16 Å². The highest BCUT2D eigenvalue weighted by Gasteiger charge is 2.17. The maximum atomic E-state index is 11.9. The predicted octanol–water partition coefficient (Wildman–Crippen LogP) is 3.62. The molecule has 0 aliphatic heterocycles. The summed E-state index contributed by atoms with van der Waals surface area (Å²) in [5.41, 5.74) is 6.33. The number of carbonyl (C=O) groups is 1. The lowest BCUT2D eigenvalue weighted by molar-refractivity contribution is -0.151. The van der Waals surface area contributed by atoms with Gasteiger partial charge in [-0.2, -0.15) is 0 Å². The minimum Gasteiger partial charge on any atom is -0.479 e. The molecule has 0 bridgehead atoms. The van der Waals surface area contributed by atoms with Gasteiger partial charge in [0.05, 0.1) is 0 Å². The van der Waals surface area contributed by atoms with Gasteiger partial charge in [-0.25, -0.2) is 4.79 Å². The molecule has 0 aliphatic carbocycles. The van der Waals surface area contributed by atoms with Crippen LogP contribution in [0.1, 0.15) is 12.5 Å². The number of hydrogen-bond acceptors (Lipinski definition) is 4. The van der Waals surface area contributed by atoms with E-state index in [4.69, 9.17) is 38.5 Å². The summed E-state index contributed by atoms with van der Waals surface area (Å²) in [6.45, 7) is 1.54. The van der Waals surface area contributed by atoms with Crippen molar-refractivity contribution in [3.63, 3.8) is 0 Å². The molecule has 2 N–H and O–H groups in total. The van der Waals surface area contributed by atoms with E-state index >= 15 is 0 Å². The minimum atomic E-state index is -0.866. The van der Waals surface area contributed by atoms with Crippen LogP contribution in [0.25, 0.3) is 0 Å². The highest BCUT2D eigenvalue weighted by Crippen LogP contribution is 2.18. The number of amidine groups is 1. The van der Waals surface area contributed by atoms with E-state index in [-0.39, 0.29) is 5.84 Å². The first-order valence-corrected chi connectivity index (χ1v) is 7.44. The predicted molar refractivity (Wildman–Crippen MR) is 89.8 cm³/mol. The standard InChI is InChI=1S/C16H14Cl2N2O3/c1-10(22-14-4-2-3-13(18)9-14)16(21)23-20-15(19)11-5-7-12(17)8-6-11/h2-10H,1H3,(H2,19,20). The Morgan fingerprint density at radius 3 is 2.48 bits per heavy atom. The molecule has 0 fully saturated rings. The van der Waals surface area contributed by atoms with Gasteiger partial charge < -0.3 is 15.3 Å². The Morgan fingerprint density at radius 1 is 1.13 bits per heavy atom. The van der Waals surface area contributed by atoms with Crippen LogP contribution in [0, 0.1) is 0 Å². The van der Waals surface area contributed by atoms with Crippen molar-refractivity contribution < 1.29 is 14.4 Å². The van der Waals surface area contributed by atoms with Crippen LogP contribution >= 0.6 is 23.2 Å². The second kappa shape index (κ2) is 7.85. The fraction of sp³-hybridized carbons (Fsp3) is 0.125. The molecule has 0 aliphatic rings. The third-order valence-electron chi connectivity index (χ3n) is 2.81. The van der Waals surface area contributed by atoms with E-state index in [0.717, 1.165) is 0 Å². The number of nitrogens with zero attached hydrogens (tertiary/aromatic N) is 1. The maximum Gasteiger partial charge on any atom is 0.374 e. The lowest BCUT2D eigenvalue weighted by Gasteiger charge is -2.12. The van der Waals surface area contributed by atoms with Crippen LogP contribution in [0.15, 0.2) is 53.7 Å². The van der Waals surface area contributed by atoms with E-state index in [1.165, 1.54) is 6.92 Å². The van der Waals surface area contributed by atoms with Gasteiger partial charge >= 0.3 is 5.97 Å².